The molecule has 1 aromatic rings. The van der Waals surface area contributed by atoms with Crippen molar-refractivity contribution >= 4 is 29.9 Å². The number of likely N-dealkylation sites (N-methyl/N-ethyl adjacent to an activating group) is 1. The third-order valence-corrected chi connectivity index (χ3v) is 6.18. The number of piperazine rings is 1. The average Bonchev–Trinajstić information content (AvgIpc) is 3.22. The fraction of sp³-hybridized carbons (Fsp3) is 0.810. The molecule has 0 saturated carbocycles. The van der Waals surface area contributed by atoms with E-state index in [0.29, 0.717) is 17.9 Å². The summed E-state index contributed by atoms with van der Waals surface area (Å²) in [5.41, 5.74) is 0. The van der Waals surface area contributed by atoms with Crippen molar-refractivity contribution in [3.05, 3.63) is 18.7 Å². The number of likely N-dealkylation sites (tertiary alicyclic amines) is 1. The van der Waals surface area contributed by atoms with Crippen molar-refractivity contribution in [2.24, 2.45) is 16.8 Å². The van der Waals surface area contributed by atoms with Crippen LogP contribution in [0.25, 0.3) is 0 Å². The largest absolute Gasteiger partial charge is 0.357 e. The van der Waals surface area contributed by atoms with Gasteiger partial charge in [0.15, 0.2) is 5.96 Å². The van der Waals surface area contributed by atoms with Crippen LogP contribution in [0.2, 0.25) is 0 Å². The van der Waals surface area contributed by atoms with Gasteiger partial charge in [0.2, 0.25) is 0 Å². The lowest BCUT2D eigenvalue weighted by atomic mass is 9.93. The van der Waals surface area contributed by atoms with E-state index in [0.717, 1.165) is 38.7 Å². The van der Waals surface area contributed by atoms with Crippen LogP contribution in [0, 0.1) is 11.8 Å². The van der Waals surface area contributed by atoms with Crippen LogP contribution in [-0.4, -0.2) is 96.2 Å². The fourth-order valence-electron chi connectivity index (χ4n) is 4.29. The average molecular weight is 518 g/mol. The lowest BCUT2D eigenvalue weighted by molar-refractivity contribution is 0.140. The number of hydrogen-bond donors (Lipinski definition) is 1. The molecule has 0 aliphatic carbocycles. The highest BCUT2D eigenvalue weighted by molar-refractivity contribution is 14.0. The number of piperidine rings is 1. The van der Waals surface area contributed by atoms with Gasteiger partial charge in [0, 0.05) is 71.3 Å². The van der Waals surface area contributed by atoms with Crippen molar-refractivity contribution < 1.29 is 0 Å². The minimum absolute atomic E-state index is 0. The lowest BCUT2D eigenvalue weighted by Crippen LogP contribution is -2.49. The van der Waals surface area contributed by atoms with Crippen LogP contribution in [0.5, 0.6) is 0 Å². The maximum Gasteiger partial charge on any atom is 0.193 e. The van der Waals surface area contributed by atoms with Crippen molar-refractivity contribution in [2.75, 3.05) is 66.0 Å². The molecule has 2 saturated heterocycles. The molecule has 166 valence electrons. The summed E-state index contributed by atoms with van der Waals surface area (Å²) in [5, 5.41) is 3.53. The summed E-state index contributed by atoms with van der Waals surface area (Å²) < 4.78 is 2.26. The van der Waals surface area contributed by atoms with E-state index in [4.69, 9.17) is 4.99 Å². The Morgan fingerprint density at radius 2 is 2.00 bits per heavy atom. The Kier molecular flexibility index (Phi) is 10.2. The standard InChI is InChI=1S/C21H39N7.HI/c1-5-23-21(24-14-18(2)15-26-12-10-25(4)11-13-26)27-8-6-19(3)20(16-27)28-9-7-22-17-28;/h7,9,17-20H,5-6,8,10-16H2,1-4H3,(H,23,24);1H. The maximum absolute atomic E-state index is 5.03. The molecule has 3 heterocycles. The van der Waals surface area contributed by atoms with Crippen LogP contribution in [0.15, 0.2) is 23.7 Å². The van der Waals surface area contributed by atoms with Gasteiger partial charge < -0.3 is 24.6 Å². The second kappa shape index (κ2) is 12.1. The van der Waals surface area contributed by atoms with Crippen molar-refractivity contribution in [1.82, 2.24) is 29.6 Å². The van der Waals surface area contributed by atoms with Gasteiger partial charge in [0.25, 0.3) is 0 Å². The first kappa shape index (κ1) is 24.4. The summed E-state index contributed by atoms with van der Waals surface area (Å²) >= 11 is 0. The molecule has 2 aliphatic heterocycles. The molecule has 2 fully saturated rings. The topological polar surface area (TPSA) is 51.9 Å². The number of nitrogens with zero attached hydrogens (tertiary/aromatic N) is 6. The van der Waals surface area contributed by atoms with Crippen LogP contribution in [-0.2, 0) is 0 Å². The van der Waals surface area contributed by atoms with E-state index in [1.165, 1.54) is 32.6 Å². The van der Waals surface area contributed by atoms with Gasteiger partial charge >= 0.3 is 0 Å². The van der Waals surface area contributed by atoms with E-state index in [-0.39, 0.29) is 24.0 Å². The highest BCUT2D eigenvalue weighted by Gasteiger charge is 2.29. The Labute approximate surface area is 193 Å². The lowest BCUT2D eigenvalue weighted by Gasteiger charge is -2.39. The second-order valence-electron chi connectivity index (χ2n) is 8.69. The zero-order chi connectivity index (χ0) is 19.9. The van der Waals surface area contributed by atoms with E-state index < -0.39 is 0 Å². The Morgan fingerprint density at radius 1 is 1.24 bits per heavy atom. The van der Waals surface area contributed by atoms with E-state index in [1.807, 2.05) is 12.5 Å². The third kappa shape index (κ3) is 7.10. The first-order valence-corrected chi connectivity index (χ1v) is 11.0. The monoisotopic (exact) mass is 517 g/mol. The first-order valence-electron chi connectivity index (χ1n) is 11.0. The molecule has 0 spiro atoms. The van der Waals surface area contributed by atoms with E-state index in [1.54, 1.807) is 0 Å². The van der Waals surface area contributed by atoms with Crippen molar-refractivity contribution in [3.63, 3.8) is 0 Å². The maximum atomic E-state index is 5.03. The SMILES string of the molecule is CCNC(=NCC(C)CN1CCN(C)CC1)N1CCC(C)C(n2ccnc2)C1.I. The zero-order valence-corrected chi connectivity index (χ0v) is 21.0. The number of nitrogens with one attached hydrogen (secondary N) is 1. The summed E-state index contributed by atoms with van der Waals surface area (Å²) in [6.45, 7) is 16.6. The quantitative estimate of drug-likeness (QED) is 0.357. The van der Waals surface area contributed by atoms with E-state index in [2.05, 4.69) is 63.6 Å². The Hall–Kier alpha value is -0.870. The molecule has 3 atom stereocenters. The molecule has 29 heavy (non-hydrogen) atoms. The van der Waals surface area contributed by atoms with Gasteiger partial charge in [-0.25, -0.2) is 4.98 Å². The molecular formula is C21H40IN7. The number of hydrogen-bond acceptors (Lipinski definition) is 4. The molecule has 0 amide bonds. The summed E-state index contributed by atoms with van der Waals surface area (Å²) in [5.74, 6) is 2.31. The van der Waals surface area contributed by atoms with Gasteiger partial charge in [0.1, 0.15) is 0 Å². The number of guanidine groups is 1. The molecule has 3 rings (SSSR count). The molecule has 8 heteroatoms. The van der Waals surface area contributed by atoms with E-state index >= 15 is 0 Å². The number of halogens is 1. The Morgan fingerprint density at radius 3 is 2.66 bits per heavy atom. The molecule has 1 aromatic heterocycles. The molecule has 3 unspecified atom stereocenters. The van der Waals surface area contributed by atoms with E-state index in [9.17, 15) is 0 Å². The molecule has 7 nitrogen and oxygen atoms in total. The summed E-state index contributed by atoms with van der Waals surface area (Å²) in [7, 11) is 2.21. The Balaban J connectivity index is 0.00000300. The van der Waals surface area contributed by atoms with Crippen LogP contribution in [0.1, 0.15) is 33.2 Å². The van der Waals surface area contributed by atoms with Gasteiger partial charge in [-0.3, -0.25) is 4.99 Å². The number of aromatic nitrogens is 2. The fourth-order valence-corrected chi connectivity index (χ4v) is 4.29. The minimum atomic E-state index is 0. The third-order valence-electron chi connectivity index (χ3n) is 6.18. The van der Waals surface area contributed by atoms with Crippen molar-refractivity contribution in [3.8, 4) is 0 Å². The van der Waals surface area contributed by atoms with Crippen molar-refractivity contribution in [1.29, 1.82) is 0 Å². The highest BCUT2D eigenvalue weighted by atomic mass is 127. The molecule has 0 radical (unpaired) electrons. The highest BCUT2D eigenvalue weighted by Crippen LogP contribution is 2.27. The normalized spacial score (nSPS) is 25.5. The zero-order valence-electron chi connectivity index (χ0n) is 18.6. The molecule has 0 aromatic carbocycles. The molecule has 1 N–H and O–H groups in total. The van der Waals surface area contributed by atoms with Crippen LogP contribution >= 0.6 is 24.0 Å². The van der Waals surface area contributed by atoms with Gasteiger partial charge in [-0.1, -0.05) is 13.8 Å². The summed E-state index contributed by atoms with van der Waals surface area (Å²) in [6, 6.07) is 0.461. The molecular weight excluding hydrogens is 477 g/mol. The summed E-state index contributed by atoms with van der Waals surface area (Å²) in [6.07, 6.45) is 7.11. The second-order valence-corrected chi connectivity index (χ2v) is 8.69. The number of imidazole rings is 1. The van der Waals surface area contributed by atoms with Gasteiger partial charge in [0.05, 0.1) is 12.4 Å². The van der Waals surface area contributed by atoms with Gasteiger partial charge in [-0.05, 0) is 32.2 Å². The summed E-state index contributed by atoms with van der Waals surface area (Å²) in [4.78, 5) is 16.7. The predicted molar refractivity (Wildman–Crippen MR) is 131 cm³/mol. The minimum Gasteiger partial charge on any atom is -0.357 e. The molecule has 2 aliphatic rings. The Bertz CT molecular complexity index is 598. The smallest absolute Gasteiger partial charge is 0.193 e. The predicted octanol–water partition coefficient (Wildman–Crippen LogP) is 2.23. The number of rotatable bonds is 6. The van der Waals surface area contributed by atoms with Crippen LogP contribution < -0.4 is 5.32 Å². The van der Waals surface area contributed by atoms with Crippen LogP contribution in [0.3, 0.4) is 0 Å². The molecule has 0 bridgehead atoms. The van der Waals surface area contributed by atoms with Crippen molar-refractivity contribution in [2.45, 2.75) is 33.2 Å². The van der Waals surface area contributed by atoms with Gasteiger partial charge in [-0.15, -0.1) is 24.0 Å². The van der Waals surface area contributed by atoms with Crippen LogP contribution in [0.4, 0.5) is 0 Å². The van der Waals surface area contributed by atoms with Gasteiger partial charge in [-0.2, -0.15) is 0 Å². The first-order chi connectivity index (χ1) is 13.6. The number of aliphatic imine (C=N–C) groups is 1.